The summed E-state index contributed by atoms with van der Waals surface area (Å²) < 4.78 is 43.9. The zero-order chi connectivity index (χ0) is 23.6. The van der Waals surface area contributed by atoms with E-state index in [4.69, 9.17) is 16.3 Å². The van der Waals surface area contributed by atoms with Gasteiger partial charge in [-0.1, -0.05) is 22.8 Å². The number of benzene rings is 2. The number of nitrogens with zero attached hydrogens (tertiary/aromatic N) is 3. The molecule has 0 bridgehead atoms. The summed E-state index contributed by atoms with van der Waals surface area (Å²) in [6.07, 6.45) is -4.63. The number of aromatic amines is 1. The van der Waals surface area contributed by atoms with E-state index >= 15 is 0 Å². The van der Waals surface area contributed by atoms with Gasteiger partial charge in [-0.25, -0.2) is 0 Å². The van der Waals surface area contributed by atoms with Gasteiger partial charge in [0.2, 0.25) is 0 Å². The van der Waals surface area contributed by atoms with Crippen LogP contribution >= 0.6 is 11.6 Å². The molecule has 0 saturated heterocycles. The minimum atomic E-state index is -4.63. The van der Waals surface area contributed by atoms with Gasteiger partial charge in [0.1, 0.15) is 11.5 Å². The lowest BCUT2D eigenvalue weighted by Crippen LogP contribution is -2.13. The Morgan fingerprint density at radius 3 is 2.41 bits per heavy atom. The molecule has 15 heteroatoms. The van der Waals surface area contributed by atoms with Crippen LogP contribution in [-0.4, -0.2) is 26.0 Å². The maximum absolute atomic E-state index is 12.9. The number of nitrogens with one attached hydrogen (secondary N) is 2. The van der Waals surface area contributed by atoms with Gasteiger partial charge in [0.25, 0.3) is 11.6 Å². The summed E-state index contributed by atoms with van der Waals surface area (Å²) in [5.41, 5.74) is -2.30. The zero-order valence-electron chi connectivity index (χ0n) is 15.3. The molecule has 166 valence electrons. The molecule has 1 amide bonds. The molecule has 3 aromatic rings. The van der Waals surface area contributed by atoms with Gasteiger partial charge < -0.3 is 20.2 Å². The molecule has 2 aromatic carbocycles. The number of alkyl halides is 3. The molecule has 0 saturated carbocycles. The Balaban J connectivity index is 1.91. The van der Waals surface area contributed by atoms with Crippen LogP contribution in [0.3, 0.4) is 0 Å². The van der Waals surface area contributed by atoms with Crippen molar-refractivity contribution in [2.45, 2.75) is 6.18 Å². The number of carbonyl (C=O) groups excluding carboxylic acids is 1. The summed E-state index contributed by atoms with van der Waals surface area (Å²) in [5.74, 6) is -2.29. The normalized spacial score (nSPS) is 11.1. The van der Waals surface area contributed by atoms with Crippen molar-refractivity contribution in [2.24, 2.45) is 0 Å². The van der Waals surface area contributed by atoms with E-state index in [0.29, 0.717) is 6.07 Å². The third-order valence-electron chi connectivity index (χ3n) is 3.84. The average Bonchev–Trinajstić information content (AvgIpc) is 3.09. The first kappa shape index (κ1) is 22.5. The van der Waals surface area contributed by atoms with E-state index in [-0.39, 0.29) is 17.2 Å². The number of rotatable bonds is 6. The number of nitro groups is 2. The quantitative estimate of drug-likeness (QED) is 0.381. The second-order valence-electron chi connectivity index (χ2n) is 6.05. The van der Waals surface area contributed by atoms with Gasteiger partial charge in [0.05, 0.1) is 22.2 Å². The number of aromatic nitrogens is 2. The number of hydrogen-bond acceptors (Lipinski definition) is 7. The molecule has 1 aromatic heterocycles. The highest BCUT2D eigenvalue weighted by Crippen LogP contribution is 2.35. The van der Waals surface area contributed by atoms with Crippen LogP contribution in [-0.2, 0) is 6.18 Å². The van der Waals surface area contributed by atoms with Gasteiger partial charge in [0.15, 0.2) is 10.7 Å². The predicted molar refractivity (Wildman–Crippen MR) is 103 cm³/mol. The lowest BCUT2D eigenvalue weighted by atomic mass is 10.2. The van der Waals surface area contributed by atoms with Crippen molar-refractivity contribution >= 4 is 34.7 Å². The molecule has 0 atom stereocenters. The van der Waals surface area contributed by atoms with Gasteiger partial charge in [-0.05, 0) is 23.1 Å². The van der Waals surface area contributed by atoms with Crippen molar-refractivity contribution in [3.8, 4) is 11.5 Å². The van der Waals surface area contributed by atoms with E-state index in [1.54, 1.807) is 0 Å². The van der Waals surface area contributed by atoms with Crippen molar-refractivity contribution in [3.05, 3.63) is 79.0 Å². The van der Waals surface area contributed by atoms with Crippen molar-refractivity contribution in [1.82, 2.24) is 10.2 Å². The lowest BCUT2D eigenvalue weighted by molar-refractivity contribution is -0.389. The van der Waals surface area contributed by atoms with Crippen LogP contribution in [0, 0.1) is 20.2 Å². The van der Waals surface area contributed by atoms with Crippen LogP contribution in [0.15, 0.2) is 42.5 Å². The Morgan fingerprint density at radius 2 is 1.81 bits per heavy atom. The SMILES string of the molecule is O=C(Nc1cc(Oc2cccc(C(F)(F)F)c2)cc([N+](=O)[O-])c1)c1n[nH]c([N+](=O)[O-])c1Cl. The van der Waals surface area contributed by atoms with E-state index in [1.807, 2.05) is 5.10 Å². The number of amides is 1. The van der Waals surface area contributed by atoms with Gasteiger partial charge in [-0.2, -0.15) is 13.2 Å². The number of nitro benzene ring substituents is 1. The topological polar surface area (TPSA) is 153 Å². The summed E-state index contributed by atoms with van der Waals surface area (Å²) in [6.45, 7) is 0. The fraction of sp³-hybridized carbons (Fsp3) is 0.0588. The highest BCUT2D eigenvalue weighted by atomic mass is 35.5. The highest BCUT2D eigenvalue weighted by Gasteiger charge is 2.31. The van der Waals surface area contributed by atoms with Gasteiger partial charge in [0, 0.05) is 12.1 Å². The number of carbonyl (C=O) groups is 1. The molecule has 0 fully saturated rings. The lowest BCUT2D eigenvalue weighted by Gasteiger charge is -2.11. The van der Waals surface area contributed by atoms with E-state index < -0.39 is 49.7 Å². The molecule has 3 rings (SSSR count). The van der Waals surface area contributed by atoms with Crippen molar-refractivity contribution in [2.75, 3.05) is 5.32 Å². The van der Waals surface area contributed by atoms with E-state index in [9.17, 15) is 38.2 Å². The number of H-pyrrole nitrogens is 1. The predicted octanol–water partition coefficient (Wildman–Crippen LogP) is 4.94. The monoisotopic (exact) mass is 471 g/mol. The number of anilines is 1. The Kier molecular flexibility index (Phi) is 5.98. The maximum Gasteiger partial charge on any atom is 0.416 e. The highest BCUT2D eigenvalue weighted by molar-refractivity contribution is 6.35. The fourth-order valence-electron chi connectivity index (χ4n) is 2.47. The van der Waals surface area contributed by atoms with Crippen LogP contribution in [0.4, 0.5) is 30.4 Å². The summed E-state index contributed by atoms with van der Waals surface area (Å²) >= 11 is 5.73. The Labute approximate surface area is 180 Å². The summed E-state index contributed by atoms with van der Waals surface area (Å²) in [5, 5.41) is 29.0. The first-order chi connectivity index (χ1) is 15.0. The molecule has 0 unspecified atom stereocenters. The summed E-state index contributed by atoms with van der Waals surface area (Å²) in [4.78, 5) is 32.6. The third-order valence-corrected chi connectivity index (χ3v) is 4.20. The summed E-state index contributed by atoms with van der Waals surface area (Å²) in [7, 11) is 0. The number of hydrogen-bond donors (Lipinski definition) is 2. The molecule has 0 radical (unpaired) electrons. The van der Waals surface area contributed by atoms with Crippen LogP contribution < -0.4 is 10.1 Å². The second kappa shape index (κ2) is 8.50. The fourth-order valence-corrected chi connectivity index (χ4v) is 2.71. The van der Waals surface area contributed by atoms with Crippen LogP contribution in [0.2, 0.25) is 5.02 Å². The van der Waals surface area contributed by atoms with E-state index in [0.717, 1.165) is 30.3 Å². The Bertz CT molecular complexity index is 1230. The van der Waals surface area contributed by atoms with Crippen LogP contribution in [0.5, 0.6) is 11.5 Å². The molecule has 0 aliphatic carbocycles. The molecule has 1 heterocycles. The van der Waals surface area contributed by atoms with Crippen molar-refractivity contribution < 1.29 is 32.5 Å². The number of halogens is 4. The van der Waals surface area contributed by atoms with Crippen molar-refractivity contribution in [1.29, 1.82) is 0 Å². The Hall–Kier alpha value is -4.20. The van der Waals surface area contributed by atoms with Crippen LogP contribution in [0.1, 0.15) is 16.1 Å². The van der Waals surface area contributed by atoms with Gasteiger partial charge in [-0.15, -0.1) is 5.10 Å². The number of non-ortho nitro benzene ring substituents is 1. The molecule has 32 heavy (non-hydrogen) atoms. The average molecular weight is 472 g/mol. The number of ether oxygens (including phenoxy) is 1. The van der Waals surface area contributed by atoms with Crippen molar-refractivity contribution in [3.63, 3.8) is 0 Å². The summed E-state index contributed by atoms with van der Waals surface area (Å²) in [6, 6.07) is 6.77. The molecule has 11 nitrogen and oxygen atoms in total. The van der Waals surface area contributed by atoms with E-state index in [2.05, 4.69) is 10.4 Å². The molecule has 0 aliphatic heterocycles. The molecular weight excluding hydrogens is 463 g/mol. The van der Waals surface area contributed by atoms with Crippen LogP contribution in [0.25, 0.3) is 0 Å². The molecule has 0 spiro atoms. The van der Waals surface area contributed by atoms with Gasteiger partial charge >= 0.3 is 12.0 Å². The molecular formula is C17H9ClF3N5O6. The third kappa shape index (κ3) is 4.92. The largest absolute Gasteiger partial charge is 0.457 e. The minimum absolute atomic E-state index is 0.201. The minimum Gasteiger partial charge on any atom is -0.457 e. The first-order valence-corrected chi connectivity index (χ1v) is 8.67. The first-order valence-electron chi connectivity index (χ1n) is 8.30. The Morgan fingerprint density at radius 1 is 1.09 bits per heavy atom. The van der Waals surface area contributed by atoms with Gasteiger partial charge in [-0.3, -0.25) is 14.9 Å². The second-order valence-corrected chi connectivity index (χ2v) is 6.42. The zero-order valence-corrected chi connectivity index (χ0v) is 16.1. The molecule has 2 N–H and O–H groups in total. The molecule has 0 aliphatic rings. The smallest absolute Gasteiger partial charge is 0.416 e. The van der Waals surface area contributed by atoms with E-state index in [1.165, 1.54) is 6.07 Å². The maximum atomic E-state index is 12.9. The standard InChI is InChI=1S/C17H9ClF3N5O6/c18-13-14(23-24-15(13)26(30)31)16(27)22-9-5-10(25(28)29)7-12(6-9)32-11-3-1-2-8(4-11)17(19,20)21/h1-7H,(H,22,27)(H,23,24).